The van der Waals surface area contributed by atoms with Crippen molar-refractivity contribution in [2.45, 2.75) is 32.7 Å². The molecule has 0 saturated carbocycles. The van der Waals surface area contributed by atoms with Gasteiger partial charge in [0.1, 0.15) is 5.82 Å². The van der Waals surface area contributed by atoms with Crippen LogP contribution < -0.4 is 5.32 Å². The van der Waals surface area contributed by atoms with Crippen LogP contribution >= 0.6 is 0 Å². The summed E-state index contributed by atoms with van der Waals surface area (Å²) in [4.78, 5) is 11.5. The first kappa shape index (κ1) is 13.4. The van der Waals surface area contributed by atoms with Gasteiger partial charge in [-0.2, -0.15) is 0 Å². The summed E-state index contributed by atoms with van der Waals surface area (Å²) in [5.74, 6) is -0.435. The maximum atomic E-state index is 12.9. The zero-order valence-electron chi connectivity index (χ0n) is 10.2. The molecule has 0 aliphatic carbocycles. The summed E-state index contributed by atoms with van der Waals surface area (Å²) in [5, 5.41) is 2.88. The molecule has 0 atom stereocenters. The highest BCUT2D eigenvalue weighted by atomic mass is 19.1. The van der Waals surface area contributed by atoms with Crippen molar-refractivity contribution in [1.82, 2.24) is 5.32 Å². The molecule has 1 amide bonds. The fraction of sp³-hybridized carbons (Fsp3) is 0.357. The Labute approximate surface area is 102 Å². The Balaban J connectivity index is 2.56. The number of benzene rings is 1. The number of hydrogen-bond acceptors (Lipinski definition) is 1. The number of amides is 1. The van der Waals surface area contributed by atoms with E-state index in [1.807, 2.05) is 13.8 Å². The first-order valence-electron chi connectivity index (χ1n) is 5.89. The number of hydrogen-bond donors (Lipinski definition) is 1. The van der Waals surface area contributed by atoms with Crippen LogP contribution in [0.4, 0.5) is 4.39 Å². The van der Waals surface area contributed by atoms with Crippen LogP contribution in [0.3, 0.4) is 0 Å². The van der Waals surface area contributed by atoms with Crippen LogP contribution in [0.25, 0.3) is 6.08 Å². The minimum Gasteiger partial charge on any atom is -0.350 e. The van der Waals surface area contributed by atoms with Crippen molar-refractivity contribution >= 4 is 12.0 Å². The molecular weight excluding hydrogens is 217 g/mol. The Morgan fingerprint density at radius 3 is 2.71 bits per heavy atom. The molecule has 0 saturated heterocycles. The largest absolute Gasteiger partial charge is 0.350 e. The lowest BCUT2D eigenvalue weighted by atomic mass is 10.1. The summed E-state index contributed by atoms with van der Waals surface area (Å²) in [6, 6.07) is 6.35. The highest BCUT2D eigenvalue weighted by Gasteiger charge is 2.04. The molecule has 0 aromatic heterocycles. The molecule has 0 heterocycles. The van der Waals surface area contributed by atoms with Gasteiger partial charge in [-0.1, -0.05) is 26.0 Å². The van der Waals surface area contributed by atoms with E-state index in [1.54, 1.807) is 18.2 Å². The van der Waals surface area contributed by atoms with Crippen LogP contribution in [0.15, 0.2) is 30.3 Å². The lowest BCUT2D eigenvalue weighted by Gasteiger charge is -2.12. The van der Waals surface area contributed by atoms with Gasteiger partial charge in [0, 0.05) is 12.1 Å². The van der Waals surface area contributed by atoms with Crippen molar-refractivity contribution in [2.24, 2.45) is 0 Å². The zero-order chi connectivity index (χ0) is 12.7. The smallest absolute Gasteiger partial charge is 0.244 e. The maximum Gasteiger partial charge on any atom is 0.244 e. The number of carbonyl (C=O) groups is 1. The lowest BCUT2D eigenvalue weighted by Crippen LogP contribution is -2.32. The Morgan fingerprint density at radius 2 is 2.12 bits per heavy atom. The number of rotatable bonds is 5. The average Bonchev–Trinajstić information content (AvgIpc) is 2.33. The van der Waals surface area contributed by atoms with Crippen LogP contribution in [0.1, 0.15) is 32.3 Å². The van der Waals surface area contributed by atoms with Gasteiger partial charge in [0.15, 0.2) is 0 Å². The molecule has 0 radical (unpaired) electrons. The molecule has 1 rings (SSSR count). The Hall–Kier alpha value is -1.64. The quantitative estimate of drug-likeness (QED) is 0.780. The van der Waals surface area contributed by atoms with E-state index >= 15 is 0 Å². The predicted octanol–water partition coefficient (Wildman–Crippen LogP) is 3.14. The fourth-order valence-corrected chi connectivity index (χ4v) is 1.52. The molecule has 1 aromatic rings. The SMILES string of the molecule is CCC(CC)NC(=O)/C=C/c1cccc(F)c1. The summed E-state index contributed by atoms with van der Waals surface area (Å²) in [7, 11) is 0. The fourth-order valence-electron chi connectivity index (χ4n) is 1.52. The molecule has 0 spiro atoms. The summed E-state index contributed by atoms with van der Waals surface area (Å²) < 4.78 is 12.9. The van der Waals surface area contributed by atoms with E-state index in [4.69, 9.17) is 0 Å². The van der Waals surface area contributed by atoms with Gasteiger partial charge in [-0.3, -0.25) is 4.79 Å². The normalized spacial score (nSPS) is 11.1. The van der Waals surface area contributed by atoms with E-state index in [2.05, 4.69) is 5.32 Å². The number of nitrogens with one attached hydrogen (secondary N) is 1. The third-order valence-electron chi connectivity index (χ3n) is 2.61. The van der Waals surface area contributed by atoms with Gasteiger partial charge in [0.05, 0.1) is 0 Å². The van der Waals surface area contributed by atoms with E-state index in [0.717, 1.165) is 12.8 Å². The van der Waals surface area contributed by atoms with Crippen molar-refractivity contribution in [2.75, 3.05) is 0 Å². The van der Waals surface area contributed by atoms with Crippen molar-refractivity contribution < 1.29 is 9.18 Å². The van der Waals surface area contributed by atoms with Crippen LogP contribution in [-0.4, -0.2) is 11.9 Å². The molecule has 0 unspecified atom stereocenters. The van der Waals surface area contributed by atoms with Crippen molar-refractivity contribution in [3.05, 3.63) is 41.7 Å². The third-order valence-corrected chi connectivity index (χ3v) is 2.61. The summed E-state index contributed by atoms with van der Waals surface area (Å²) >= 11 is 0. The molecule has 0 bridgehead atoms. The standard InChI is InChI=1S/C14H18FNO/c1-3-13(4-2)16-14(17)9-8-11-6-5-7-12(15)10-11/h5-10,13H,3-4H2,1-2H3,(H,16,17)/b9-8+. The van der Waals surface area contributed by atoms with E-state index < -0.39 is 0 Å². The van der Waals surface area contributed by atoms with Crippen molar-refractivity contribution in [1.29, 1.82) is 0 Å². The summed E-state index contributed by atoms with van der Waals surface area (Å²) in [6.45, 7) is 4.06. The minimum absolute atomic E-state index is 0.136. The topological polar surface area (TPSA) is 29.1 Å². The molecule has 92 valence electrons. The Bertz CT molecular complexity index is 397. The van der Waals surface area contributed by atoms with Gasteiger partial charge in [-0.25, -0.2) is 4.39 Å². The van der Waals surface area contributed by atoms with E-state index in [9.17, 15) is 9.18 Å². The Morgan fingerprint density at radius 1 is 1.41 bits per heavy atom. The predicted molar refractivity (Wildman–Crippen MR) is 67.9 cm³/mol. The summed E-state index contributed by atoms with van der Waals surface area (Å²) in [5.41, 5.74) is 0.685. The Kier molecular flexibility index (Phi) is 5.40. The molecule has 1 N–H and O–H groups in total. The molecular formula is C14H18FNO. The maximum absolute atomic E-state index is 12.9. The monoisotopic (exact) mass is 235 g/mol. The van der Waals surface area contributed by atoms with Crippen LogP contribution in [0, 0.1) is 5.82 Å². The van der Waals surface area contributed by atoms with Crippen molar-refractivity contribution in [3.63, 3.8) is 0 Å². The second-order valence-corrected chi connectivity index (χ2v) is 3.91. The number of halogens is 1. The van der Waals surface area contributed by atoms with Gasteiger partial charge in [-0.05, 0) is 36.6 Å². The second-order valence-electron chi connectivity index (χ2n) is 3.91. The highest BCUT2D eigenvalue weighted by molar-refractivity contribution is 5.91. The van der Waals surface area contributed by atoms with Gasteiger partial charge in [0.2, 0.25) is 5.91 Å². The first-order chi connectivity index (χ1) is 8.15. The van der Waals surface area contributed by atoms with Gasteiger partial charge in [-0.15, -0.1) is 0 Å². The summed E-state index contributed by atoms with van der Waals surface area (Å²) in [6.07, 6.45) is 4.87. The van der Waals surface area contributed by atoms with E-state index in [-0.39, 0.29) is 17.8 Å². The second kappa shape index (κ2) is 6.84. The molecule has 17 heavy (non-hydrogen) atoms. The lowest BCUT2D eigenvalue weighted by molar-refractivity contribution is -0.117. The molecule has 3 heteroatoms. The van der Waals surface area contributed by atoms with E-state index in [1.165, 1.54) is 18.2 Å². The van der Waals surface area contributed by atoms with E-state index in [0.29, 0.717) is 5.56 Å². The van der Waals surface area contributed by atoms with Gasteiger partial charge < -0.3 is 5.32 Å². The van der Waals surface area contributed by atoms with Crippen LogP contribution in [0.2, 0.25) is 0 Å². The molecule has 0 fully saturated rings. The average molecular weight is 235 g/mol. The first-order valence-corrected chi connectivity index (χ1v) is 5.89. The minimum atomic E-state index is -0.299. The molecule has 0 aliphatic rings. The van der Waals surface area contributed by atoms with Crippen LogP contribution in [-0.2, 0) is 4.79 Å². The highest BCUT2D eigenvalue weighted by Crippen LogP contribution is 2.05. The van der Waals surface area contributed by atoms with Gasteiger partial charge in [0.25, 0.3) is 0 Å². The molecule has 1 aromatic carbocycles. The zero-order valence-corrected chi connectivity index (χ0v) is 10.2. The number of carbonyl (C=O) groups excluding carboxylic acids is 1. The molecule has 0 aliphatic heterocycles. The van der Waals surface area contributed by atoms with Crippen LogP contribution in [0.5, 0.6) is 0 Å². The third kappa shape index (κ3) is 4.81. The van der Waals surface area contributed by atoms with Crippen molar-refractivity contribution in [3.8, 4) is 0 Å². The molecule has 2 nitrogen and oxygen atoms in total. The van der Waals surface area contributed by atoms with Gasteiger partial charge >= 0.3 is 0 Å².